The Morgan fingerprint density at radius 3 is 2.70 bits per heavy atom. The number of halogens is 1. The Morgan fingerprint density at radius 2 is 1.96 bits per heavy atom. The molecular formula is C20H19ClN4O2. The molecule has 0 bridgehead atoms. The van der Waals surface area contributed by atoms with Gasteiger partial charge in [-0.15, -0.1) is 0 Å². The molecule has 1 aliphatic rings. The highest BCUT2D eigenvalue weighted by Crippen LogP contribution is 2.15. The molecule has 1 aliphatic heterocycles. The van der Waals surface area contributed by atoms with Crippen LogP contribution in [0.15, 0.2) is 48.8 Å². The lowest BCUT2D eigenvalue weighted by Crippen LogP contribution is -2.24. The molecule has 6 nitrogen and oxygen atoms in total. The third kappa shape index (κ3) is 3.95. The number of rotatable bonds is 5. The van der Waals surface area contributed by atoms with Crippen LogP contribution in [0.25, 0.3) is 5.65 Å². The van der Waals surface area contributed by atoms with Crippen LogP contribution in [0.4, 0.5) is 0 Å². The van der Waals surface area contributed by atoms with Gasteiger partial charge in [0, 0.05) is 37.5 Å². The summed E-state index contributed by atoms with van der Waals surface area (Å²) >= 11 is 5.97. The number of aromatic nitrogens is 2. The number of benzene rings is 1. The van der Waals surface area contributed by atoms with Crippen molar-refractivity contribution in [2.75, 3.05) is 6.54 Å². The van der Waals surface area contributed by atoms with Gasteiger partial charge in [0.05, 0.1) is 17.3 Å². The minimum atomic E-state index is -0.158. The molecule has 4 rings (SSSR count). The van der Waals surface area contributed by atoms with E-state index in [1.54, 1.807) is 24.4 Å². The number of fused-ring (bicyclic) bond motifs is 1. The van der Waals surface area contributed by atoms with E-state index < -0.39 is 0 Å². The van der Waals surface area contributed by atoms with E-state index in [-0.39, 0.29) is 11.8 Å². The number of pyridine rings is 1. The molecule has 3 aromatic rings. The molecular weight excluding hydrogens is 364 g/mol. The molecule has 0 spiro atoms. The predicted octanol–water partition coefficient (Wildman–Crippen LogP) is 3.04. The first kappa shape index (κ1) is 17.5. The molecule has 2 amide bonds. The number of hydrogen-bond acceptors (Lipinski definition) is 3. The third-order valence-corrected chi connectivity index (χ3v) is 4.88. The van der Waals surface area contributed by atoms with E-state index in [4.69, 9.17) is 11.6 Å². The monoisotopic (exact) mass is 382 g/mol. The lowest BCUT2D eigenvalue weighted by Gasteiger charge is -2.15. The molecule has 0 atom stereocenters. The Bertz CT molecular complexity index is 997. The lowest BCUT2D eigenvalue weighted by molar-refractivity contribution is -0.128. The lowest BCUT2D eigenvalue weighted by atomic mass is 10.1. The maximum Gasteiger partial charge on any atom is 0.251 e. The molecule has 138 valence electrons. The minimum Gasteiger partial charge on any atom is -0.346 e. The van der Waals surface area contributed by atoms with Gasteiger partial charge >= 0.3 is 0 Å². The van der Waals surface area contributed by atoms with Crippen molar-refractivity contribution in [1.82, 2.24) is 19.6 Å². The van der Waals surface area contributed by atoms with E-state index in [0.717, 1.165) is 29.9 Å². The van der Waals surface area contributed by atoms with E-state index in [1.165, 1.54) is 0 Å². The Morgan fingerprint density at radius 1 is 1.15 bits per heavy atom. The second-order valence-corrected chi connectivity index (χ2v) is 7.08. The predicted molar refractivity (Wildman–Crippen MR) is 102 cm³/mol. The number of imidazole rings is 1. The van der Waals surface area contributed by atoms with Crippen molar-refractivity contribution in [3.05, 3.63) is 70.6 Å². The van der Waals surface area contributed by atoms with Gasteiger partial charge in [0.25, 0.3) is 5.91 Å². The molecule has 1 saturated heterocycles. The Hall–Kier alpha value is -2.86. The fraction of sp³-hybridized carbons (Fsp3) is 0.250. The number of nitrogens with one attached hydrogen (secondary N) is 1. The normalized spacial score (nSPS) is 14.1. The van der Waals surface area contributed by atoms with E-state index in [2.05, 4.69) is 10.3 Å². The molecule has 1 N–H and O–H groups in total. The fourth-order valence-electron chi connectivity index (χ4n) is 3.23. The summed E-state index contributed by atoms with van der Waals surface area (Å²) in [6.45, 7) is 1.75. The standard InChI is InChI=1S/C20H19ClN4O2/c21-16-7-8-18-23-17(13-25(18)12-16)10-22-20(27)15-5-3-14(4-6-15)11-24-9-1-2-19(24)26/h3-8,12-13H,1-2,9-11H2,(H,22,27). The highest BCUT2D eigenvalue weighted by Gasteiger charge is 2.20. The van der Waals surface area contributed by atoms with E-state index in [0.29, 0.717) is 30.1 Å². The Kier molecular flexibility index (Phi) is 4.81. The second-order valence-electron chi connectivity index (χ2n) is 6.64. The van der Waals surface area contributed by atoms with Crippen molar-refractivity contribution >= 4 is 29.1 Å². The highest BCUT2D eigenvalue weighted by atomic mass is 35.5. The maximum atomic E-state index is 12.4. The molecule has 2 aromatic heterocycles. The van der Waals surface area contributed by atoms with Crippen molar-refractivity contribution in [2.45, 2.75) is 25.9 Å². The summed E-state index contributed by atoms with van der Waals surface area (Å²) < 4.78 is 1.83. The van der Waals surface area contributed by atoms with Crippen LogP contribution in [0.1, 0.15) is 34.5 Å². The van der Waals surface area contributed by atoms with Gasteiger partial charge in [0.15, 0.2) is 0 Å². The Labute approximate surface area is 161 Å². The molecule has 1 fully saturated rings. The zero-order chi connectivity index (χ0) is 18.8. The third-order valence-electron chi connectivity index (χ3n) is 4.66. The zero-order valence-electron chi connectivity index (χ0n) is 14.7. The van der Waals surface area contributed by atoms with Crippen LogP contribution in [0.3, 0.4) is 0 Å². The number of nitrogens with zero attached hydrogens (tertiary/aromatic N) is 3. The van der Waals surface area contributed by atoms with Gasteiger partial charge < -0.3 is 14.6 Å². The first-order valence-corrected chi connectivity index (χ1v) is 9.24. The van der Waals surface area contributed by atoms with Crippen LogP contribution in [-0.2, 0) is 17.9 Å². The summed E-state index contributed by atoms with van der Waals surface area (Å²) in [6.07, 6.45) is 5.18. The summed E-state index contributed by atoms with van der Waals surface area (Å²) in [7, 11) is 0. The number of carbonyl (C=O) groups is 2. The molecule has 27 heavy (non-hydrogen) atoms. The fourth-order valence-corrected chi connectivity index (χ4v) is 3.40. The summed E-state index contributed by atoms with van der Waals surface area (Å²) in [5.41, 5.74) is 3.15. The molecule has 0 unspecified atom stereocenters. The first-order valence-electron chi connectivity index (χ1n) is 8.86. The molecule has 7 heteroatoms. The van der Waals surface area contributed by atoms with Crippen LogP contribution < -0.4 is 5.32 Å². The van der Waals surface area contributed by atoms with Gasteiger partial charge in [-0.3, -0.25) is 9.59 Å². The van der Waals surface area contributed by atoms with Crippen molar-refractivity contribution in [2.24, 2.45) is 0 Å². The minimum absolute atomic E-state index is 0.158. The quantitative estimate of drug-likeness (QED) is 0.737. The van der Waals surface area contributed by atoms with Crippen LogP contribution in [0.5, 0.6) is 0 Å². The van der Waals surface area contributed by atoms with Crippen LogP contribution in [-0.4, -0.2) is 32.6 Å². The van der Waals surface area contributed by atoms with Crippen molar-refractivity contribution in [3.63, 3.8) is 0 Å². The summed E-state index contributed by atoms with van der Waals surface area (Å²) in [5, 5.41) is 3.51. The topological polar surface area (TPSA) is 66.7 Å². The zero-order valence-corrected chi connectivity index (χ0v) is 15.4. The van der Waals surface area contributed by atoms with Gasteiger partial charge in [-0.1, -0.05) is 23.7 Å². The number of carbonyl (C=O) groups excluding carboxylic acids is 2. The van der Waals surface area contributed by atoms with Crippen molar-refractivity contribution in [1.29, 1.82) is 0 Å². The van der Waals surface area contributed by atoms with Crippen LogP contribution in [0.2, 0.25) is 5.02 Å². The number of amides is 2. The molecule has 0 aliphatic carbocycles. The second kappa shape index (κ2) is 7.40. The van der Waals surface area contributed by atoms with E-state index >= 15 is 0 Å². The average molecular weight is 383 g/mol. The van der Waals surface area contributed by atoms with Gasteiger partial charge in [-0.2, -0.15) is 0 Å². The molecule has 3 heterocycles. The number of likely N-dealkylation sites (tertiary alicyclic amines) is 1. The Balaban J connectivity index is 1.36. The first-order chi connectivity index (χ1) is 13.1. The summed E-state index contributed by atoms with van der Waals surface area (Å²) in [5.74, 6) is 0.0412. The van der Waals surface area contributed by atoms with Crippen LogP contribution >= 0.6 is 11.6 Å². The molecule has 0 radical (unpaired) electrons. The largest absolute Gasteiger partial charge is 0.346 e. The van der Waals surface area contributed by atoms with E-state index in [1.807, 2.05) is 33.7 Å². The van der Waals surface area contributed by atoms with Gasteiger partial charge in [0.2, 0.25) is 5.91 Å². The highest BCUT2D eigenvalue weighted by molar-refractivity contribution is 6.30. The summed E-state index contributed by atoms with van der Waals surface area (Å²) in [4.78, 5) is 30.4. The average Bonchev–Trinajstić information content (AvgIpc) is 3.25. The number of hydrogen-bond donors (Lipinski definition) is 1. The SMILES string of the molecule is O=C(NCc1cn2cc(Cl)ccc2n1)c1ccc(CN2CCCC2=O)cc1. The van der Waals surface area contributed by atoms with Crippen molar-refractivity contribution < 1.29 is 9.59 Å². The van der Waals surface area contributed by atoms with Gasteiger partial charge in [-0.25, -0.2) is 4.98 Å². The maximum absolute atomic E-state index is 12.4. The van der Waals surface area contributed by atoms with E-state index in [9.17, 15) is 9.59 Å². The van der Waals surface area contributed by atoms with Gasteiger partial charge in [0.1, 0.15) is 5.65 Å². The van der Waals surface area contributed by atoms with Gasteiger partial charge in [-0.05, 0) is 36.2 Å². The summed E-state index contributed by atoms with van der Waals surface area (Å²) in [6, 6.07) is 11.0. The van der Waals surface area contributed by atoms with Crippen molar-refractivity contribution in [3.8, 4) is 0 Å². The smallest absolute Gasteiger partial charge is 0.251 e. The van der Waals surface area contributed by atoms with Crippen LogP contribution in [0, 0.1) is 0 Å². The molecule has 0 saturated carbocycles. The molecule has 1 aromatic carbocycles.